The molecule has 2 fully saturated rings. The van der Waals surface area contributed by atoms with Crippen LogP contribution < -0.4 is 9.80 Å². The maximum Gasteiger partial charge on any atom is 0.270 e. The highest BCUT2D eigenvalue weighted by Crippen LogP contribution is 2.27. The zero-order valence-electron chi connectivity index (χ0n) is 17.0. The number of hydrogen-bond donors (Lipinski definition) is 1. The first-order chi connectivity index (χ1) is 14.6. The van der Waals surface area contributed by atoms with Crippen molar-refractivity contribution in [2.75, 3.05) is 57.4 Å². The minimum Gasteiger partial charge on any atom is -0.378 e. The van der Waals surface area contributed by atoms with E-state index in [2.05, 4.69) is 17.0 Å². The fourth-order valence-electron chi connectivity index (χ4n) is 4.15. The van der Waals surface area contributed by atoms with E-state index in [1.807, 2.05) is 23.1 Å². The molecule has 1 amide bonds. The van der Waals surface area contributed by atoms with Gasteiger partial charge in [-0.1, -0.05) is 30.3 Å². The van der Waals surface area contributed by atoms with Crippen molar-refractivity contribution in [3.05, 3.63) is 69.8 Å². The fourth-order valence-corrected chi connectivity index (χ4v) is 4.15. The summed E-state index contributed by atoms with van der Waals surface area (Å²) in [6, 6.07) is 15.0. The van der Waals surface area contributed by atoms with Gasteiger partial charge in [0.25, 0.3) is 11.6 Å². The first kappa shape index (κ1) is 20.3. The van der Waals surface area contributed by atoms with Crippen LogP contribution in [-0.4, -0.2) is 68.2 Å². The Kier molecular flexibility index (Phi) is 6.25. The normalized spacial score (nSPS) is 17.7. The molecule has 30 heavy (non-hydrogen) atoms. The quantitative estimate of drug-likeness (QED) is 0.586. The van der Waals surface area contributed by atoms with Gasteiger partial charge in [-0.05, 0) is 6.07 Å². The number of piperazine rings is 1. The molecule has 8 nitrogen and oxygen atoms in total. The third-order valence-corrected chi connectivity index (χ3v) is 5.83. The van der Waals surface area contributed by atoms with Gasteiger partial charge >= 0.3 is 0 Å². The number of ether oxygens (including phenoxy) is 1. The molecule has 158 valence electrons. The van der Waals surface area contributed by atoms with Crippen LogP contribution in [-0.2, 0) is 11.3 Å². The largest absolute Gasteiger partial charge is 0.378 e. The van der Waals surface area contributed by atoms with Crippen LogP contribution >= 0.6 is 0 Å². The molecule has 2 aromatic carbocycles. The number of carbonyl (C=O) groups excluding carboxylic acids is 1. The molecule has 0 radical (unpaired) electrons. The van der Waals surface area contributed by atoms with Crippen molar-refractivity contribution >= 4 is 17.3 Å². The standard InChI is InChI=1S/C22H26N4O4/c27-22(25-10-8-23(9-11-25)17-18-4-2-1-3-5-18)20-16-19(26(28)29)6-7-21(20)24-12-14-30-15-13-24/h1-7,16H,8-15,17H2/p+1. The van der Waals surface area contributed by atoms with E-state index in [1.165, 1.54) is 22.6 Å². The minimum atomic E-state index is -0.443. The van der Waals surface area contributed by atoms with E-state index in [-0.39, 0.29) is 11.6 Å². The van der Waals surface area contributed by atoms with E-state index in [0.717, 1.165) is 25.3 Å². The lowest BCUT2D eigenvalue weighted by molar-refractivity contribution is -0.917. The van der Waals surface area contributed by atoms with Crippen molar-refractivity contribution in [1.29, 1.82) is 0 Å². The number of morpholine rings is 1. The molecule has 2 aliphatic heterocycles. The zero-order chi connectivity index (χ0) is 20.9. The number of benzene rings is 2. The molecule has 0 bridgehead atoms. The summed E-state index contributed by atoms with van der Waals surface area (Å²) in [6.07, 6.45) is 0. The highest BCUT2D eigenvalue weighted by molar-refractivity contribution is 6.00. The van der Waals surface area contributed by atoms with Crippen molar-refractivity contribution < 1.29 is 19.4 Å². The first-order valence-electron chi connectivity index (χ1n) is 10.4. The molecule has 1 N–H and O–H groups in total. The molecular formula is C22H27N4O4+. The molecule has 0 saturated carbocycles. The molecule has 0 spiro atoms. The van der Waals surface area contributed by atoms with Gasteiger partial charge in [-0.25, -0.2) is 0 Å². The molecule has 2 aliphatic rings. The third-order valence-electron chi connectivity index (χ3n) is 5.83. The Morgan fingerprint density at radius 3 is 2.40 bits per heavy atom. The van der Waals surface area contributed by atoms with Crippen molar-refractivity contribution in [2.24, 2.45) is 0 Å². The summed E-state index contributed by atoms with van der Waals surface area (Å²) in [4.78, 5) is 29.6. The van der Waals surface area contributed by atoms with Gasteiger partial charge in [0.1, 0.15) is 6.54 Å². The Morgan fingerprint density at radius 1 is 1.03 bits per heavy atom. The molecule has 2 aromatic rings. The predicted molar refractivity (Wildman–Crippen MR) is 113 cm³/mol. The first-order valence-corrected chi connectivity index (χ1v) is 10.4. The van der Waals surface area contributed by atoms with Gasteiger partial charge in [-0.2, -0.15) is 0 Å². The second-order valence-electron chi connectivity index (χ2n) is 7.76. The van der Waals surface area contributed by atoms with Crippen LogP contribution in [0.5, 0.6) is 0 Å². The van der Waals surface area contributed by atoms with E-state index in [1.54, 1.807) is 6.07 Å². The maximum atomic E-state index is 13.3. The monoisotopic (exact) mass is 411 g/mol. The average molecular weight is 411 g/mol. The smallest absolute Gasteiger partial charge is 0.270 e. The highest BCUT2D eigenvalue weighted by Gasteiger charge is 2.29. The Bertz CT molecular complexity index is 891. The summed E-state index contributed by atoms with van der Waals surface area (Å²) in [7, 11) is 0. The molecule has 0 aliphatic carbocycles. The van der Waals surface area contributed by atoms with Gasteiger partial charge in [0.05, 0.1) is 55.6 Å². The van der Waals surface area contributed by atoms with Crippen LogP contribution in [0.3, 0.4) is 0 Å². The molecule has 8 heteroatoms. The number of nitrogens with one attached hydrogen (secondary N) is 1. The topological polar surface area (TPSA) is 80.4 Å². The summed E-state index contributed by atoms with van der Waals surface area (Å²) in [6.45, 7) is 6.49. The van der Waals surface area contributed by atoms with Gasteiger partial charge in [0.2, 0.25) is 0 Å². The van der Waals surface area contributed by atoms with Crippen LogP contribution in [0.4, 0.5) is 11.4 Å². The van der Waals surface area contributed by atoms with E-state index in [4.69, 9.17) is 4.74 Å². The summed E-state index contributed by atoms with van der Waals surface area (Å²) in [5, 5.41) is 11.3. The molecule has 2 heterocycles. The molecular weight excluding hydrogens is 384 g/mol. The Labute approximate surface area is 175 Å². The molecule has 4 rings (SSSR count). The predicted octanol–water partition coefficient (Wildman–Crippen LogP) is 0.972. The van der Waals surface area contributed by atoms with E-state index in [0.29, 0.717) is 45.0 Å². The average Bonchev–Trinajstić information content (AvgIpc) is 2.80. The number of nitro groups is 1. The van der Waals surface area contributed by atoms with Gasteiger partial charge < -0.3 is 19.4 Å². The van der Waals surface area contributed by atoms with Gasteiger partial charge in [-0.3, -0.25) is 14.9 Å². The van der Waals surface area contributed by atoms with Gasteiger partial charge in [-0.15, -0.1) is 0 Å². The zero-order valence-corrected chi connectivity index (χ0v) is 17.0. The second-order valence-corrected chi connectivity index (χ2v) is 7.76. The lowest BCUT2D eigenvalue weighted by atomic mass is 10.1. The summed E-state index contributed by atoms with van der Waals surface area (Å²) < 4.78 is 5.41. The lowest BCUT2D eigenvalue weighted by Crippen LogP contribution is -3.13. The fraction of sp³-hybridized carbons (Fsp3) is 0.409. The third kappa shape index (κ3) is 4.60. The summed E-state index contributed by atoms with van der Waals surface area (Å²) in [5.74, 6) is -0.126. The number of nitro benzene ring substituents is 1. The van der Waals surface area contributed by atoms with Crippen LogP contribution in [0.25, 0.3) is 0 Å². The number of rotatable bonds is 5. The summed E-state index contributed by atoms with van der Waals surface area (Å²) >= 11 is 0. The minimum absolute atomic E-state index is 0.0521. The van der Waals surface area contributed by atoms with Crippen LogP contribution in [0.1, 0.15) is 15.9 Å². The number of hydrogen-bond acceptors (Lipinski definition) is 5. The van der Waals surface area contributed by atoms with Crippen LogP contribution in [0.15, 0.2) is 48.5 Å². The van der Waals surface area contributed by atoms with Crippen molar-refractivity contribution in [3.8, 4) is 0 Å². The van der Waals surface area contributed by atoms with Crippen molar-refractivity contribution in [1.82, 2.24) is 4.90 Å². The number of amides is 1. The number of quaternary nitrogens is 1. The molecule has 0 atom stereocenters. The summed E-state index contributed by atoms with van der Waals surface area (Å²) in [5.41, 5.74) is 2.41. The maximum absolute atomic E-state index is 13.3. The van der Waals surface area contributed by atoms with Crippen molar-refractivity contribution in [3.63, 3.8) is 0 Å². The van der Waals surface area contributed by atoms with Crippen LogP contribution in [0.2, 0.25) is 0 Å². The van der Waals surface area contributed by atoms with Crippen molar-refractivity contribution in [2.45, 2.75) is 6.54 Å². The van der Waals surface area contributed by atoms with E-state index < -0.39 is 4.92 Å². The molecule has 0 unspecified atom stereocenters. The van der Waals surface area contributed by atoms with E-state index in [9.17, 15) is 14.9 Å². The number of nitrogens with zero attached hydrogens (tertiary/aromatic N) is 3. The Hall–Kier alpha value is -2.97. The molecule has 2 saturated heterocycles. The van der Waals surface area contributed by atoms with E-state index >= 15 is 0 Å². The number of anilines is 1. The van der Waals surface area contributed by atoms with Gasteiger partial charge in [0.15, 0.2) is 0 Å². The number of non-ortho nitro benzene ring substituents is 1. The molecule has 0 aromatic heterocycles. The SMILES string of the molecule is O=C(c1cc([N+](=O)[O-])ccc1N1CCOCC1)N1CC[NH+](Cc2ccccc2)CC1. The van der Waals surface area contributed by atoms with Gasteiger partial charge in [0, 0.05) is 30.8 Å². The lowest BCUT2D eigenvalue weighted by Gasteiger charge is -2.34. The Morgan fingerprint density at radius 2 is 1.73 bits per heavy atom. The number of carbonyl (C=O) groups is 1. The Balaban J connectivity index is 1.48. The second kappa shape index (κ2) is 9.23. The highest BCUT2D eigenvalue weighted by atomic mass is 16.6. The van der Waals surface area contributed by atoms with Crippen LogP contribution in [0, 0.1) is 10.1 Å².